The van der Waals surface area contributed by atoms with Gasteiger partial charge in [0, 0.05) is 6.04 Å². The summed E-state index contributed by atoms with van der Waals surface area (Å²) in [6.45, 7) is 8.84. The van der Waals surface area contributed by atoms with E-state index < -0.39 is 0 Å². The minimum atomic E-state index is 0.0769. The Kier molecular flexibility index (Phi) is 3.45. The zero-order chi connectivity index (χ0) is 13.3. The Bertz CT molecular complexity index is 555. The Morgan fingerprint density at radius 1 is 1.06 bits per heavy atom. The highest BCUT2D eigenvalue weighted by molar-refractivity contribution is 5.88. The predicted octanol–water partition coefficient (Wildman–Crippen LogP) is 4.58. The molecular weight excluding hydrogens is 218 g/mol. The van der Waals surface area contributed by atoms with Gasteiger partial charge in [0.2, 0.25) is 0 Å². The number of aryl methyl sites for hydroxylation is 1. The molecule has 2 aromatic rings. The van der Waals surface area contributed by atoms with Crippen molar-refractivity contribution in [3.8, 4) is 0 Å². The van der Waals surface area contributed by atoms with Crippen LogP contribution in [0.4, 0.5) is 0 Å². The van der Waals surface area contributed by atoms with Crippen molar-refractivity contribution in [3.63, 3.8) is 0 Å². The number of hydrogen-bond donors (Lipinski definition) is 1. The van der Waals surface area contributed by atoms with Crippen molar-refractivity contribution in [2.75, 3.05) is 0 Å². The standard InChI is InChI=1S/C17H23N/c1-5-17(3,4)16(18)15-11-7-9-13-12(2)8-6-10-14(13)15/h6-11,16H,5,18H2,1-4H3. The van der Waals surface area contributed by atoms with Gasteiger partial charge < -0.3 is 5.73 Å². The number of nitrogens with two attached hydrogens (primary N) is 1. The SMILES string of the molecule is CCC(C)(C)C(N)c1cccc2c(C)cccc12. The third-order valence-electron chi connectivity index (χ3n) is 4.26. The smallest absolute Gasteiger partial charge is 0.0352 e. The molecule has 0 amide bonds. The van der Waals surface area contributed by atoms with Gasteiger partial charge in [-0.05, 0) is 40.7 Å². The summed E-state index contributed by atoms with van der Waals surface area (Å²) in [5.41, 5.74) is 9.20. The van der Waals surface area contributed by atoms with E-state index in [4.69, 9.17) is 5.73 Å². The molecule has 0 aliphatic rings. The van der Waals surface area contributed by atoms with Crippen molar-refractivity contribution in [3.05, 3.63) is 47.5 Å². The maximum atomic E-state index is 6.50. The van der Waals surface area contributed by atoms with Crippen molar-refractivity contribution < 1.29 is 0 Å². The van der Waals surface area contributed by atoms with E-state index in [2.05, 4.69) is 64.1 Å². The van der Waals surface area contributed by atoms with Gasteiger partial charge in [-0.1, -0.05) is 57.2 Å². The van der Waals surface area contributed by atoms with Crippen LogP contribution in [0.15, 0.2) is 36.4 Å². The number of benzene rings is 2. The second-order valence-corrected chi connectivity index (χ2v) is 5.84. The minimum absolute atomic E-state index is 0.0769. The molecule has 2 N–H and O–H groups in total. The average molecular weight is 241 g/mol. The zero-order valence-corrected chi connectivity index (χ0v) is 11.8. The van der Waals surface area contributed by atoms with Crippen LogP contribution in [0.5, 0.6) is 0 Å². The molecule has 0 aliphatic heterocycles. The van der Waals surface area contributed by atoms with Crippen LogP contribution in [-0.2, 0) is 0 Å². The van der Waals surface area contributed by atoms with E-state index in [9.17, 15) is 0 Å². The fraction of sp³-hybridized carbons (Fsp3) is 0.412. The first-order valence-corrected chi connectivity index (χ1v) is 6.71. The van der Waals surface area contributed by atoms with Crippen LogP contribution in [0.3, 0.4) is 0 Å². The van der Waals surface area contributed by atoms with E-state index in [1.807, 2.05) is 0 Å². The lowest BCUT2D eigenvalue weighted by molar-refractivity contribution is 0.280. The molecule has 0 spiro atoms. The summed E-state index contributed by atoms with van der Waals surface area (Å²) in [6.07, 6.45) is 1.08. The zero-order valence-electron chi connectivity index (χ0n) is 11.8. The third-order valence-corrected chi connectivity index (χ3v) is 4.26. The highest BCUT2D eigenvalue weighted by Gasteiger charge is 2.26. The fourth-order valence-corrected chi connectivity index (χ4v) is 2.40. The molecule has 0 aliphatic carbocycles. The van der Waals surface area contributed by atoms with Crippen molar-refractivity contribution in [1.29, 1.82) is 0 Å². The van der Waals surface area contributed by atoms with Crippen molar-refractivity contribution in [2.45, 2.75) is 40.2 Å². The van der Waals surface area contributed by atoms with E-state index in [1.54, 1.807) is 0 Å². The Labute approximate surface area is 110 Å². The van der Waals surface area contributed by atoms with Crippen molar-refractivity contribution in [2.24, 2.45) is 11.1 Å². The van der Waals surface area contributed by atoms with Crippen LogP contribution in [0, 0.1) is 12.3 Å². The van der Waals surface area contributed by atoms with Crippen LogP contribution in [-0.4, -0.2) is 0 Å². The van der Waals surface area contributed by atoms with Gasteiger partial charge in [0.25, 0.3) is 0 Å². The quantitative estimate of drug-likeness (QED) is 0.836. The first-order chi connectivity index (χ1) is 8.47. The fourth-order valence-electron chi connectivity index (χ4n) is 2.40. The molecule has 0 saturated carbocycles. The number of rotatable bonds is 3. The van der Waals surface area contributed by atoms with E-state index in [0.717, 1.165) is 6.42 Å². The van der Waals surface area contributed by atoms with E-state index >= 15 is 0 Å². The molecule has 0 bridgehead atoms. The van der Waals surface area contributed by atoms with Gasteiger partial charge in [-0.3, -0.25) is 0 Å². The molecule has 2 aromatic carbocycles. The summed E-state index contributed by atoms with van der Waals surface area (Å²) >= 11 is 0. The second-order valence-electron chi connectivity index (χ2n) is 5.84. The molecule has 0 heterocycles. The molecule has 0 aromatic heterocycles. The minimum Gasteiger partial charge on any atom is -0.323 e. The molecule has 0 radical (unpaired) electrons. The third kappa shape index (κ3) is 2.15. The summed E-state index contributed by atoms with van der Waals surface area (Å²) in [5.74, 6) is 0. The van der Waals surface area contributed by atoms with Gasteiger partial charge in [0.05, 0.1) is 0 Å². The molecule has 2 rings (SSSR count). The summed E-state index contributed by atoms with van der Waals surface area (Å²) in [4.78, 5) is 0. The first-order valence-electron chi connectivity index (χ1n) is 6.71. The van der Waals surface area contributed by atoms with Gasteiger partial charge in [-0.2, -0.15) is 0 Å². The Hall–Kier alpha value is -1.34. The molecule has 0 fully saturated rings. The lowest BCUT2D eigenvalue weighted by Crippen LogP contribution is -2.28. The van der Waals surface area contributed by atoms with Gasteiger partial charge in [0.15, 0.2) is 0 Å². The molecule has 1 nitrogen and oxygen atoms in total. The van der Waals surface area contributed by atoms with Crippen LogP contribution in [0.25, 0.3) is 10.8 Å². The lowest BCUT2D eigenvalue weighted by atomic mass is 9.77. The van der Waals surface area contributed by atoms with E-state index in [0.29, 0.717) is 0 Å². The highest BCUT2D eigenvalue weighted by atomic mass is 14.7. The number of hydrogen-bond acceptors (Lipinski definition) is 1. The summed E-state index contributed by atoms with van der Waals surface area (Å²) in [7, 11) is 0. The largest absolute Gasteiger partial charge is 0.323 e. The predicted molar refractivity (Wildman–Crippen MR) is 79.7 cm³/mol. The van der Waals surface area contributed by atoms with Gasteiger partial charge >= 0.3 is 0 Å². The average Bonchev–Trinajstić information content (AvgIpc) is 2.38. The molecule has 1 heteroatoms. The maximum Gasteiger partial charge on any atom is 0.0352 e. The summed E-state index contributed by atoms with van der Waals surface area (Å²) in [6, 6.07) is 13.0. The lowest BCUT2D eigenvalue weighted by Gasteiger charge is -2.31. The molecule has 96 valence electrons. The first kappa shape index (κ1) is 13.1. The monoisotopic (exact) mass is 241 g/mol. The molecule has 1 unspecified atom stereocenters. The molecule has 0 saturated heterocycles. The Morgan fingerprint density at radius 2 is 1.67 bits per heavy atom. The van der Waals surface area contributed by atoms with Crippen LogP contribution in [0.2, 0.25) is 0 Å². The maximum absolute atomic E-state index is 6.50. The second kappa shape index (κ2) is 4.74. The van der Waals surface area contributed by atoms with Crippen LogP contribution < -0.4 is 5.73 Å². The summed E-state index contributed by atoms with van der Waals surface area (Å²) < 4.78 is 0. The molecular formula is C17H23N. The molecule has 18 heavy (non-hydrogen) atoms. The van der Waals surface area contributed by atoms with Gasteiger partial charge in [-0.25, -0.2) is 0 Å². The van der Waals surface area contributed by atoms with Crippen LogP contribution in [0.1, 0.15) is 44.4 Å². The Morgan fingerprint density at radius 3 is 2.33 bits per heavy atom. The number of fused-ring (bicyclic) bond motifs is 1. The molecule has 1 atom stereocenters. The topological polar surface area (TPSA) is 26.0 Å². The van der Waals surface area contributed by atoms with Crippen molar-refractivity contribution >= 4 is 10.8 Å². The van der Waals surface area contributed by atoms with Gasteiger partial charge in [-0.15, -0.1) is 0 Å². The van der Waals surface area contributed by atoms with E-state index in [1.165, 1.54) is 21.9 Å². The van der Waals surface area contributed by atoms with Gasteiger partial charge in [0.1, 0.15) is 0 Å². The van der Waals surface area contributed by atoms with Crippen LogP contribution >= 0.6 is 0 Å². The Balaban J connectivity index is 2.62. The highest BCUT2D eigenvalue weighted by Crippen LogP contribution is 2.37. The van der Waals surface area contributed by atoms with E-state index in [-0.39, 0.29) is 11.5 Å². The summed E-state index contributed by atoms with van der Waals surface area (Å²) in [5, 5.41) is 2.61. The van der Waals surface area contributed by atoms with Crippen molar-refractivity contribution in [1.82, 2.24) is 0 Å². The normalized spacial score (nSPS) is 13.8.